The first-order valence-corrected chi connectivity index (χ1v) is 11.7. The quantitative estimate of drug-likeness (QED) is 0.0472. The Labute approximate surface area is 214 Å². The van der Waals surface area contributed by atoms with E-state index >= 15 is 0 Å². The van der Waals surface area contributed by atoms with Crippen LogP contribution in [0, 0.1) is 5.92 Å². The number of carbonyl (C=O) groups excluding carboxylic acids is 5. The molecule has 0 saturated heterocycles. The number of nitrogens with zero attached hydrogens (tertiary/aromatic N) is 1. The summed E-state index contributed by atoms with van der Waals surface area (Å²) in [6.45, 7) is 3.52. The summed E-state index contributed by atoms with van der Waals surface area (Å²) in [4.78, 5) is 76.2. The molecule has 5 atom stereocenters. The monoisotopic (exact) mass is 529 g/mol. The van der Waals surface area contributed by atoms with Crippen molar-refractivity contribution in [2.24, 2.45) is 39.6 Å². The number of amides is 5. The van der Waals surface area contributed by atoms with Gasteiger partial charge in [-0.2, -0.15) is 0 Å². The van der Waals surface area contributed by atoms with E-state index in [1.54, 1.807) is 13.8 Å². The van der Waals surface area contributed by atoms with Gasteiger partial charge in [0, 0.05) is 13.0 Å². The summed E-state index contributed by atoms with van der Waals surface area (Å²) >= 11 is 0. The summed E-state index contributed by atoms with van der Waals surface area (Å²) in [5.74, 6) is -6.03. The average molecular weight is 530 g/mol. The van der Waals surface area contributed by atoms with Crippen LogP contribution in [0.2, 0.25) is 0 Å². The summed E-state index contributed by atoms with van der Waals surface area (Å²) in [5.41, 5.74) is 26.5. The molecule has 14 N–H and O–H groups in total. The molecule has 0 bridgehead atoms. The van der Waals surface area contributed by atoms with Crippen molar-refractivity contribution in [3.05, 3.63) is 0 Å². The second-order valence-corrected chi connectivity index (χ2v) is 8.56. The van der Waals surface area contributed by atoms with Crippen molar-refractivity contribution in [3.63, 3.8) is 0 Å². The molecule has 0 rings (SSSR count). The summed E-state index contributed by atoms with van der Waals surface area (Å²) < 4.78 is 0. The van der Waals surface area contributed by atoms with Gasteiger partial charge in [-0.25, -0.2) is 4.79 Å². The van der Waals surface area contributed by atoms with Gasteiger partial charge in [-0.05, 0) is 25.2 Å². The molecule has 0 aliphatic carbocycles. The molecular formula is C21H39N9O7. The third kappa shape index (κ3) is 13.6. The highest BCUT2D eigenvalue weighted by molar-refractivity contribution is 5.96. The maximum Gasteiger partial charge on any atom is 0.326 e. The molecule has 0 spiro atoms. The molecule has 0 saturated carbocycles. The molecule has 16 nitrogen and oxygen atoms in total. The molecule has 5 amide bonds. The van der Waals surface area contributed by atoms with Gasteiger partial charge < -0.3 is 49.7 Å². The Balaban J connectivity index is 5.68. The van der Waals surface area contributed by atoms with E-state index in [2.05, 4.69) is 20.9 Å². The van der Waals surface area contributed by atoms with Gasteiger partial charge >= 0.3 is 5.97 Å². The number of aliphatic imine (C=N–C) groups is 1. The predicted molar refractivity (Wildman–Crippen MR) is 133 cm³/mol. The Morgan fingerprint density at radius 3 is 1.89 bits per heavy atom. The minimum atomic E-state index is -1.50. The lowest BCUT2D eigenvalue weighted by atomic mass is 9.98. The van der Waals surface area contributed by atoms with E-state index in [1.807, 2.05) is 0 Å². The molecule has 210 valence electrons. The smallest absolute Gasteiger partial charge is 0.326 e. The predicted octanol–water partition coefficient (Wildman–Crippen LogP) is -3.91. The lowest BCUT2D eigenvalue weighted by Crippen LogP contribution is -2.58. The van der Waals surface area contributed by atoms with E-state index < -0.39 is 72.0 Å². The first kappa shape index (κ1) is 33.0. The van der Waals surface area contributed by atoms with Gasteiger partial charge in [0.25, 0.3) is 0 Å². The molecule has 0 aliphatic rings. The molecule has 0 aromatic rings. The van der Waals surface area contributed by atoms with Gasteiger partial charge in [0.05, 0.1) is 12.5 Å². The topological polar surface area (TPSA) is 301 Å². The zero-order valence-electron chi connectivity index (χ0n) is 21.1. The normalized spacial score (nSPS) is 14.7. The van der Waals surface area contributed by atoms with Gasteiger partial charge in [-0.15, -0.1) is 0 Å². The Morgan fingerprint density at radius 2 is 1.41 bits per heavy atom. The van der Waals surface area contributed by atoms with Crippen LogP contribution in [0.5, 0.6) is 0 Å². The number of hydrogen-bond acceptors (Lipinski definition) is 8. The van der Waals surface area contributed by atoms with E-state index in [-0.39, 0.29) is 38.2 Å². The number of aliphatic carboxylic acids is 1. The fraction of sp³-hybridized carbons (Fsp3) is 0.667. The van der Waals surface area contributed by atoms with E-state index in [1.165, 1.54) is 0 Å². The number of rotatable bonds is 18. The van der Waals surface area contributed by atoms with Crippen LogP contribution in [0.15, 0.2) is 4.99 Å². The Morgan fingerprint density at radius 1 is 0.838 bits per heavy atom. The number of nitrogens with two attached hydrogens (primary N) is 5. The molecule has 37 heavy (non-hydrogen) atoms. The molecule has 0 aliphatic heterocycles. The fourth-order valence-electron chi connectivity index (χ4n) is 3.10. The molecule has 16 heteroatoms. The van der Waals surface area contributed by atoms with Crippen LogP contribution >= 0.6 is 0 Å². The van der Waals surface area contributed by atoms with Gasteiger partial charge in [-0.1, -0.05) is 20.3 Å². The van der Waals surface area contributed by atoms with Crippen molar-refractivity contribution in [1.29, 1.82) is 0 Å². The Bertz CT molecular complexity index is 861. The number of carboxylic acids is 1. The Hall–Kier alpha value is -3.95. The number of carbonyl (C=O) groups is 6. The summed E-state index contributed by atoms with van der Waals surface area (Å²) in [5, 5.41) is 16.6. The average Bonchev–Trinajstić information content (AvgIpc) is 2.80. The van der Waals surface area contributed by atoms with Gasteiger partial charge in [0.1, 0.15) is 18.1 Å². The van der Waals surface area contributed by atoms with Crippen molar-refractivity contribution < 1.29 is 33.9 Å². The van der Waals surface area contributed by atoms with E-state index in [4.69, 9.17) is 28.7 Å². The first-order valence-electron chi connectivity index (χ1n) is 11.7. The van der Waals surface area contributed by atoms with Crippen molar-refractivity contribution in [3.8, 4) is 0 Å². The lowest BCUT2D eigenvalue weighted by Gasteiger charge is -2.26. The number of guanidine groups is 1. The SMILES string of the molecule is CCC(C)C(NC(=O)C(CCCN=C(N)N)NC(=O)C(CC(N)=O)NC(=O)C(N)CCC(N)=O)C(=O)O. The van der Waals surface area contributed by atoms with Crippen LogP contribution in [-0.2, 0) is 28.8 Å². The van der Waals surface area contributed by atoms with Crippen molar-refractivity contribution in [1.82, 2.24) is 16.0 Å². The molecule has 0 fully saturated rings. The third-order valence-corrected chi connectivity index (χ3v) is 5.43. The molecule has 0 aromatic carbocycles. The van der Waals surface area contributed by atoms with E-state index in [9.17, 15) is 33.9 Å². The zero-order chi connectivity index (χ0) is 28.7. The lowest BCUT2D eigenvalue weighted by molar-refractivity contribution is -0.144. The van der Waals surface area contributed by atoms with Gasteiger partial charge in [-0.3, -0.25) is 29.0 Å². The van der Waals surface area contributed by atoms with Gasteiger partial charge in [0.15, 0.2) is 5.96 Å². The third-order valence-electron chi connectivity index (χ3n) is 5.43. The highest BCUT2D eigenvalue weighted by atomic mass is 16.4. The number of hydrogen-bond donors (Lipinski definition) is 9. The van der Waals surface area contributed by atoms with E-state index in [0.717, 1.165) is 0 Å². The van der Waals surface area contributed by atoms with Crippen molar-refractivity contribution in [2.45, 2.75) is 76.5 Å². The van der Waals surface area contributed by atoms with Crippen LogP contribution in [0.25, 0.3) is 0 Å². The molecular weight excluding hydrogens is 490 g/mol. The minimum absolute atomic E-state index is 0.00341. The maximum absolute atomic E-state index is 13.0. The van der Waals surface area contributed by atoms with Crippen molar-refractivity contribution in [2.75, 3.05) is 6.54 Å². The number of carboxylic acid groups (broad SMARTS) is 1. The zero-order valence-corrected chi connectivity index (χ0v) is 21.1. The van der Waals surface area contributed by atoms with Gasteiger partial charge in [0.2, 0.25) is 29.5 Å². The van der Waals surface area contributed by atoms with Crippen LogP contribution in [0.4, 0.5) is 0 Å². The molecule has 0 heterocycles. The van der Waals surface area contributed by atoms with Crippen LogP contribution in [0.1, 0.15) is 52.4 Å². The summed E-state index contributed by atoms with van der Waals surface area (Å²) in [7, 11) is 0. The fourth-order valence-corrected chi connectivity index (χ4v) is 3.10. The summed E-state index contributed by atoms with van der Waals surface area (Å²) in [6.07, 6.45) is -0.221. The van der Waals surface area contributed by atoms with E-state index in [0.29, 0.717) is 6.42 Å². The largest absolute Gasteiger partial charge is 0.480 e. The van der Waals surface area contributed by atoms with Crippen LogP contribution in [0.3, 0.4) is 0 Å². The molecule has 5 unspecified atom stereocenters. The second kappa shape index (κ2) is 16.7. The summed E-state index contributed by atoms with van der Waals surface area (Å²) in [6, 6.07) is -5.19. The standard InChI is InChI=1S/C21H39N9O7/c1-3-10(2)16(20(36)37)30-18(34)12(5-4-8-27-21(25)26)28-19(35)13(9-15(24)32)29-17(33)11(22)6-7-14(23)31/h10-13,16H,3-9,22H2,1-2H3,(H2,23,31)(H2,24,32)(H,28,35)(H,29,33)(H,30,34)(H,36,37)(H4,25,26,27). The number of primary amides is 2. The highest BCUT2D eigenvalue weighted by Gasteiger charge is 2.32. The maximum atomic E-state index is 13.0. The second-order valence-electron chi connectivity index (χ2n) is 8.56. The number of nitrogens with one attached hydrogen (secondary N) is 3. The first-order chi connectivity index (χ1) is 17.2. The highest BCUT2D eigenvalue weighted by Crippen LogP contribution is 2.10. The van der Waals surface area contributed by atoms with Crippen molar-refractivity contribution >= 4 is 41.5 Å². The van der Waals surface area contributed by atoms with Crippen LogP contribution < -0.4 is 44.6 Å². The minimum Gasteiger partial charge on any atom is -0.480 e. The molecule has 0 radical (unpaired) electrons. The molecule has 0 aromatic heterocycles. The van der Waals surface area contributed by atoms with Crippen LogP contribution in [-0.4, -0.2) is 77.3 Å². The Kier molecular flexibility index (Phi) is 14.9.